The van der Waals surface area contributed by atoms with Crippen molar-refractivity contribution in [2.24, 2.45) is 5.41 Å². The van der Waals surface area contributed by atoms with Crippen molar-refractivity contribution in [3.05, 3.63) is 23.2 Å². The zero-order chi connectivity index (χ0) is 16.8. The van der Waals surface area contributed by atoms with Crippen molar-refractivity contribution in [2.45, 2.75) is 39.2 Å². The van der Waals surface area contributed by atoms with Gasteiger partial charge in [0.25, 0.3) is 5.91 Å². The molecule has 1 aromatic heterocycles. The third kappa shape index (κ3) is 2.55. The summed E-state index contributed by atoms with van der Waals surface area (Å²) in [6.07, 6.45) is 2.11. The topological polar surface area (TPSA) is 74.0 Å². The summed E-state index contributed by atoms with van der Waals surface area (Å²) in [4.78, 5) is 28.6. The van der Waals surface area contributed by atoms with Gasteiger partial charge in [-0.25, -0.2) is 0 Å². The Morgan fingerprint density at radius 2 is 2.04 bits per heavy atom. The van der Waals surface area contributed by atoms with E-state index in [0.717, 1.165) is 18.7 Å². The standard InChI is InChI=1S/C17H24N2O4/c1-11-9-13(12(2)23-11)15(20)19-8-6-17(16(21)22)5-4-7-18(3)14(17)10-19/h9,14H,4-8,10H2,1-3H3,(H,21,22)/t14-,17+/m1/s1. The number of carboxylic acids is 1. The van der Waals surface area contributed by atoms with Crippen LogP contribution in [-0.2, 0) is 4.79 Å². The molecule has 0 radical (unpaired) electrons. The molecule has 0 unspecified atom stereocenters. The fraction of sp³-hybridized carbons (Fsp3) is 0.647. The summed E-state index contributed by atoms with van der Waals surface area (Å²) in [5.74, 6) is 0.561. The van der Waals surface area contributed by atoms with Gasteiger partial charge in [-0.05, 0) is 52.8 Å². The van der Waals surface area contributed by atoms with Gasteiger partial charge in [0.15, 0.2) is 0 Å². The van der Waals surface area contributed by atoms with E-state index in [0.29, 0.717) is 37.3 Å². The van der Waals surface area contributed by atoms with Gasteiger partial charge in [-0.3, -0.25) is 9.59 Å². The first-order valence-corrected chi connectivity index (χ1v) is 8.15. The molecule has 1 aromatic rings. The minimum absolute atomic E-state index is 0.0580. The highest BCUT2D eigenvalue weighted by Crippen LogP contribution is 2.42. The number of amides is 1. The molecule has 0 aliphatic carbocycles. The number of carboxylic acid groups (broad SMARTS) is 1. The van der Waals surface area contributed by atoms with Crippen molar-refractivity contribution < 1.29 is 19.1 Å². The second-order valence-electron chi connectivity index (χ2n) is 6.89. The van der Waals surface area contributed by atoms with Crippen molar-refractivity contribution in [1.82, 2.24) is 9.80 Å². The smallest absolute Gasteiger partial charge is 0.311 e. The van der Waals surface area contributed by atoms with Crippen molar-refractivity contribution in [1.29, 1.82) is 0 Å². The molecule has 2 fully saturated rings. The summed E-state index contributed by atoms with van der Waals surface area (Å²) in [6, 6.07) is 1.64. The van der Waals surface area contributed by atoms with Crippen molar-refractivity contribution in [3.63, 3.8) is 0 Å². The van der Waals surface area contributed by atoms with Crippen LogP contribution in [0.25, 0.3) is 0 Å². The van der Waals surface area contributed by atoms with E-state index in [4.69, 9.17) is 4.42 Å². The molecule has 0 saturated carbocycles. The number of aryl methyl sites for hydroxylation is 2. The maximum atomic E-state index is 12.8. The van der Waals surface area contributed by atoms with Crippen LogP contribution in [0, 0.1) is 19.3 Å². The molecule has 3 rings (SSSR count). The molecule has 126 valence electrons. The zero-order valence-electron chi connectivity index (χ0n) is 14.0. The van der Waals surface area contributed by atoms with E-state index in [1.807, 2.05) is 14.0 Å². The summed E-state index contributed by atoms with van der Waals surface area (Å²) in [7, 11) is 1.96. The molecular formula is C17H24N2O4. The predicted molar refractivity (Wildman–Crippen MR) is 84.4 cm³/mol. The number of likely N-dealkylation sites (tertiary alicyclic amines) is 2. The molecule has 2 saturated heterocycles. The Bertz CT molecular complexity index is 639. The van der Waals surface area contributed by atoms with Crippen LogP contribution in [0.3, 0.4) is 0 Å². The van der Waals surface area contributed by atoms with Gasteiger partial charge in [-0.2, -0.15) is 0 Å². The van der Waals surface area contributed by atoms with Crippen LogP contribution >= 0.6 is 0 Å². The molecule has 2 atom stereocenters. The Kier molecular flexibility index (Phi) is 3.96. The van der Waals surface area contributed by atoms with Crippen LogP contribution in [0.4, 0.5) is 0 Å². The average Bonchev–Trinajstić information content (AvgIpc) is 2.85. The molecule has 1 N–H and O–H groups in total. The summed E-state index contributed by atoms with van der Waals surface area (Å²) >= 11 is 0. The van der Waals surface area contributed by atoms with Crippen molar-refractivity contribution >= 4 is 11.9 Å². The van der Waals surface area contributed by atoms with Crippen LogP contribution in [0.1, 0.15) is 41.1 Å². The molecule has 0 aromatic carbocycles. The van der Waals surface area contributed by atoms with Gasteiger partial charge in [-0.1, -0.05) is 0 Å². The van der Waals surface area contributed by atoms with E-state index in [9.17, 15) is 14.7 Å². The van der Waals surface area contributed by atoms with E-state index >= 15 is 0 Å². The number of fused-ring (bicyclic) bond motifs is 1. The molecule has 6 heteroatoms. The van der Waals surface area contributed by atoms with Crippen molar-refractivity contribution in [2.75, 3.05) is 26.7 Å². The first kappa shape index (κ1) is 16.1. The molecule has 1 amide bonds. The highest BCUT2D eigenvalue weighted by molar-refractivity contribution is 5.95. The lowest BCUT2D eigenvalue weighted by atomic mass is 9.68. The van der Waals surface area contributed by atoms with E-state index in [2.05, 4.69) is 4.90 Å². The lowest BCUT2D eigenvalue weighted by Crippen LogP contribution is -2.63. The van der Waals surface area contributed by atoms with Gasteiger partial charge in [0.2, 0.25) is 0 Å². The molecule has 6 nitrogen and oxygen atoms in total. The SMILES string of the molecule is Cc1cc(C(=O)N2CC[C@@]3(C(=O)O)CCCN(C)[C@@H]3C2)c(C)o1. The number of hydrogen-bond acceptors (Lipinski definition) is 4. The van der Waals surface area contributed by atoms with Crippen LogP contribution in [-0.4, -0.2) is 59.5 Å². The number of piperidine rings is 2. The highest BCUT2D eigenvalue weighted by atomic mass is 16.4. The maximum Gasteiger partial charge on any atom is 0.311 e. The Balaban J connectivity index is 1.84. The van der Waals surface area contributed by atoms with Gasteiger partial charge in [0, 0.05) is 19.1 Å². The van der Waals surface area contributed by atoms with E-state index in [1.54, 1.807) is 17.9 Å². The third-order valence-corrected chi connectivity index (χ3v) is 5.51. The van der Waals surface area contributed by atoms with Gasteiger partial charge < -0.3 is 19.3 Å². The fourth-order valence-corrected chi connectivity index (χ4v) is 4.18. The number of carbonyl (C=O) groups is 2. The Hall–Kier alpha value is -1.82. The largest absolute Gasteiger partial charge is 0.481 e. The first-order chi connectivity index (χ1) is 10.8. The lowest BCUT2D eigenvalue weighted by molar-refractivity contribution is -0.161. The third-order valence-electron chi connectivity index (χ3n) is 5.51. The molecule has 23 heavy (non-hydrogen) atoms. The first-order valence-electron chi connectivity index (χ1n) is 8.15. The Labute approximate surface area is 136 Å². The fourth-order valence-electron chi connectivity index (χ4n) is 4.18. The Morgan fingerprint density at radius 1 is 1.30 bits per heavy atom. The van der Waals surface area contributed by atoms with Gasteiger partial charge in [0.05, 0.1) is 11.0 Å². The summed E-state index contributed by atoms with van der Waals surface area (Å²) in [6.45, 7) is 5.44. The molecule has 2 aliphatic rings. The van der Waals surface area contributed by atoms with E-state index in [-0.39, 0.29) is 11.9 Å². The van der Waals surface area contributed by atoms with Gasteiger partial charge in [-0.15, -0.1) is 0 Å². The quantitative estimate of drug-likeness (QED) is 0.901. The van der Waals surface area contributed by atoms with Crippen LogP contribution < -0.4 is 0 Å². The number of aliphatic carboxylic acids is 1. The van der Waals surface area contributed by atoms with Crippen molar-refractivity contribution in [3.8, 4) is 0 Å². The van der Waals surface area contributed by atoms with E-state index in [1.165, 1.54) is 0 Å². The minimum Gasteiger partial charge on any atom is -0.481 e. The number of carbonyl (C=O) groups excluding carboxylic acids is 1. The van der Waals surface area contributed by atoms with Gasteiger partial charge >= 0.3 is 5.97 Å². The summed E-state index contributed by atoms with van der Waals surface area (Å²) in [5.41, 5.74) is -0.130. The molecule has 2 aliphatic heterocycles. The number of rotatable bonds is 2. The normalized spacial score (nSPS) is 28.5. The van der Waals surface area contributed by atoms with Crippen LogP contribution in [0.15, 0.2) is 10.5 Å². The monoisotopic (exact) mass is 320 g/mol. The van der Waals surface area contributed by atoms with Gasteiger partial charge in [0.1, 0.15) is 11.5 Å². The predicted octanol–water partition coefficient (Wildman–Crippen LogP) is 1.91. The second-order valence-corrected chi connectivity index (χ2v) is 6.89. The number of hydrogen-bond donors (Lipinski definition) is 1. The zero-order valence-corrected chi connectivity index (χ0v) is 14.0. The molecule has 0 bridgehead atoms. The molecule has 0 spiro atoms. The van der Waals surface area contributed by atoms with Crippen LogP contribution in [0.5, 0.6) is 0 Å². The van der Waals surface area contributed by atoms with E-state index < -0.39 is 11.4 Å². The maximum absolute atomic E-state index is 12.8. The number of furan rings is 1. The lowest BCUT2D eigenvalue weighted by Gasteiger charge is -2.51. The Morgan fingerprint density at radius 3 is 2.65 bits per heavy atom. The number of likely N-dealkylation sites (N-methyl/N-ethyl adjacent to an activating group) is 1. The number of nitrogens with zero attached hydrogens (tertiary/aromatic N) is 2. The minimum atomic E-state index is -0.725. The second kappa shape index (κ2) is 5.67. The summed E-state index contributed by atoms with van der Waals surface area (Å²) in [5, 5.41) is 9.79. The highest BCUT2D eigenvalue weighted by Gasteiger charge is 2.52. The molecule has 3 heterocycles. The summed E-state index contributed by atoms with van der Waals surface area (Å²) < 4.78 is 5.46. The average molecular weight is 320 g/mol. The van der Waals surface area contributed by atoms with Crippen LogP contribution in [0.2, 0.25) is 0 Å². The molecular weight excluding hydrogens is 296 g/mol.